The van der Waals surface area contributed by atoms with Crippen molar-refractivity contribution in [3.63, 3.8) is 0 Å². The molecule has 0 N–H and O–H groups in total. The van der Waals surface area contributed by atoms with E-state index >= 15 is 0 Å². The number of aromatic nitrogens is 3. The van der Waals surface area contributed by atoms with Crippen molar-refractivity contribution in [1.82, 2.24) is 14.1 Å². The predicted molar refractivity (Wildman–Crippen MR) is 99.1 cm³/mol. The summed E-state index contributed by atoms with van der Waals surface area (Å²) >= 11 is 6.01. The molecule has 0 fully saturated rings. The summed E-state index contributed by atoms with van der Waals surface area (Å²) < 4.78 is 2.54. The fraction of sp³-hybridized carbons (Fsp3) is 0.263. The quantitative estimate of drug-likeness (QED) is 0.694. The molecule has 0 radical (unpaired) electrons. The van der Waals surface area contributed by atoms with Crippen LogP contribution < -0.4 is 11.2 Å². The van der Waals surface area contributed by atoms with Gasteiger partial charge in [0.1, 0.15) is 5.65 Å². The number of ketones is 1. The van der Waals surface area contributed by atoms with E-state index in [1.807, 2.05) is 6.07 Å². The second-order valence-corrected chi connectivity index (χ2v) is 6.93. The highest BCUT2D eigenvalue weighted by atomic mass is 35.5. The van der Waals surface area contributed by atoms with Gasteiger partial charge in [0.05, 0.1) is 11.9 Å². The van der Waals surface area contributed by atoms with Crippen LogP contribution in [0.3, 0.4) is 0 Å². The van der Waals surface area contributed by atoms with Crippen LogP contribution in [0.4, 0.5) is 0 Å². The molecule has 1 aliphatic rings. The molecule has 0 aliphatic heterocycles. The lowest BCUT2D eigenvalue weighted by atomic mass is 9.90. The summed E-state index contributed by atoms with van der Waals surface area (Å²) in [6.07, 6.45) is 3.27. The van der Waals surface area contributed by atoms with Crippen molar-refractivity contribution in [3.05, 3.63) is 73.0 Å². The molecule has 1 aromatic carbocycles. The van der Waals surface area contributed by atoms with Crippen LogP contribution in [0, 0.1) is 0 Å². The average Bonchev–Trinajstić information content (AvgIpc) is 2.63. The minimum Gasteiger partial charge on any atom is -0.294 e. The molecule has 0 unspecified atom stereocenters. The predicted octanol–water partition coefficient (Wildman–Crippen LogP) is 2.32. The average molecular weight is 370 g/mol. The number of fused-ring (bicyclic) bond motifs is 3. The number of halogens is 1. The van der Waals surface area contributed by atoms with Crippen LogP contribution in [0.5, 0.6) is 0 Å². The van der Waals surface area contributed by atoms with E-state index in [9.17, 15) is 14.4 Å². The Balaban J connectivity index is 2.01. The molecular formula is C19H16ClN3O3. The summed E-state index contributed by atoms with van der Waals surface area (Å²) in [5, 5.41) is 0.900. The number of benzene rings is 1. The van der Waals surface area contributed by atoms with E-state index in [1.54, 1.807) is 25.2 Å². The molecule has 6 nitrogen and oxygen atoms in total. The van der Waals surface area contributed by atoms with E-state index in [1.165, 1.54) is 15.3 Å². The lowest BCUT2D eigenvalue weighted by Crippen LogP contribution is -2.40. The Kier molecular flexibility index (Phi) is 4.00. The summed E-state index contributed by atoms with van der Waals surface area (Å²) in [7, 11) is 1.59. The number of hydrogen-bond acceptors (Lipinski definition) is 4. The highest BCUT2D eigenvalue weighted by molar-refractivity contribution is 6.30. The van der Waals surface area contributed by atoms with Crippen LogP contribution in [-0.4, -0.2) is 19.9 Å². The number of aryl methyl sites for hydroxylation is 2. The Morgan fingerprint density at radius 3 is 2.77 bits per heavy atom. The molecule has 7 heteroatoms. The zero-order chi connectivity index (χ0) is 18.4. The standard InChI is InChI=1S/C19H16ClN3O3/c1-22-17-16(13-6-3-7-15(24)14(13)9-21-17)18(25)23(19(22)26)10-11-4-2-5-12(20)8-11/h2,4-5,8-9H,3,6-7,10H2,1H3. The number of carbonyl (C=O) groups excluding carboxylic acids is 1. The first kappa shape index (κ1) is 16.7. The lowest BCUT2D eigenvalue weighted by Gasteiger charge is -2.18. The van der Waals surface area contributed by atoms with Gasteiger partial charge in [0.15, 0.2) is 5.78 Å². The second-order valence-electron chi connectivity index (χ2n) is 6.49. The monoisotopic (exact) mass is 369 g/mol. The van der Waals surface area contributed by atoms with Gasteiger partial charge in [0.2, 0.25) is 0 Å². The molecule has 2 heterocycles. The Hall–Kier alpha value is -2.73. The highest BCUT2D eigenvalue weighted by Crippen LogP contribution is 2.25. The molecule has 4 rings (SSSR count). The maximum atomic E-state index is 13.1. The van der Waals surface area contributed by atoms with Crippen molar-refractivity contribution < 1.29 is 4.79 Å². The minimum atomic E-state index is -0.447. The summed E-state index contributed by atoms with van der Waals surface area (Å²) in [5.74, 6) is -0.00436. The van der Waals surface area contributed by atoms with E-state index in [0.29, 0.717) is 46.4 Å². The van der Waals surface area contributed by atoms with Crippen molar-refractivity contribution in [2.75, 3.05) is 0 Å². The van der Waals surface area contributed by atoms with E-state index in [2.05, 4.69) is 4.98 Å². The molecule has 0 amide bonds. The Morgan fingerprint density at radius 2 is 2.00 bits per heavy atom. The number of rotatable bonds is 2. The smallest absolute Gasteiger partial charge is 0.294 e. The maximum absolute atomic E-state index is 13.1. The first-order valence-electron chi connectivity index (χ1n) is 8.36. The third-order valence-electron chi connectivity index (χ3n) is 4.82. The van der Waals surface area contributed by atoms with Gasteiger partial charge in [-0.1, -0.05) is 23.7 Å². The lowest BCUT2D eigenvalue weighted by molar-refractivity contribution is 0.0972. The van der Waals surface area contributed by atoms with E-state index in [0.717, 1.165) is 5.56 Å². The van der Waals surface area contributed by atoms with Crippen LogP contribution in [0.2, 0.25) is 5.02 Å². The maximum Gasteiger partial charge on any atom is 0.332 e. The van der Waals surface area contributed by atoms with E-state index in [4.69, 9.17) is 11.6 Å². The van der Waals surface area contributed by atoms with Crippen molar-refractivity contribution in [2.45, 2.75) is 25.8 Å². The molecule has 0 atom stereocenters. The number of Topliss-reactive ketones (excluding diaryl/α,β-unsaturated/α-hetero) is 1. The first-order valence-corrected chi connectivity index (χ1v) is 8.74. The zero-order valence-corrected chi connectivity index (χ0v) is 14.9. The van der Waals surface area contributed by atoms with Crippen molar-refractivity contribution in [1.29, 1.82) is 0 Å². The van der Waals surface area contributed by atoms with Crippen molar-refractivity contribution in [3.8, 4) is 0 Å². The summed E-state index contributed by atoms with van der Waals surface area (Å²) in [6.45, 7) is 0.111. The second kappa shape index (κ2) is 6.21. The zero-order valence-electron chi connectivity index (χ0n) is 14.2. The SMILES string of the molecule is Cn1c(=O)n(Cc2cccc(Cl)c2)c(=O)c2c3c(cnc21)C(=O)CCC3. The largest absolute Gasteiger partial charge is 0.332 e. The van der Waals surface area contributed by atoms with Gasteiger partial charge >= 0.3 is 5.69 Å². The third kappa shape index (κ3) is 2.57. The van der Waals surface area contributed by atoms with Gasteiger partial charge in [-0.15, -0.1) is 0 Å². The Morgan fingerprint density at radius 1 is 1.19 bits per heavy atom. The molecule has 0 bridgehead atoms. The van der Waals surface area contributed by atoms with E-state index in [-0.39, 0.29) is 12.3 Å². The molecule has 2 aromatic heterocycles. The molecule has 0 saturated heterocycles. The van der Waals surface area contributed by atoms with Gasteiger partial charge in [-0.05, 0) is 36.1 Å². The summed E-state index contributed by atoms with van der Waals surface area (Å²) in [6, 6.07) is 7.04. The fourth-order valence-corrected chi connectivity index (χ4v) is 3.74. The van der Waals surface area contributed by atoms with Gasteiger partial charge in [-0.25, -0.2) is 9.78 Å². The van der Waals surface area contributed by atoms with Gasteiger partial charge < -0.3 is 0 Å². The fourth-order valence-electron chi connectivity index (χ4n) is 3.53. The van der Waals surface area contributed by atoms with Crippen molar-refractivity contribution in [2.24, 2.45) is 7.05 Å². The molecule has 1 aliphatic carbocycles. The molecule has 3 aromatic rings. The van der Waals surface area contributed by atoms with Crippen LogP contribution >= 0.6 is 11.6 Å². The molecule has 132 valence electrons. The molecule has 0 spiro atoms. The normalized spacial score (nSPS) is 13.8. The number of carbonyl (C=O) groups is 1. The van der Waals surface area contributed by atoms with Gasteiger partial charge in [-0.2, -0.15) is 0 Å². The van der Waals surface area contributed by atoms with Crippen LogP contribution in [0.15, 0.2) is 40.1 Å². The van der Waals surface area contributed by atoms with Crippen molar-refractivity contribution >= 4 is 28.4 Å². The third-order valence-corrected chi connectivity index (χ3v) is 5.06. The van der Waals surface area contributed by atoms with Crippen LogP contribution in [0.1, 0.15) is 34.3 Å². The molecule has 0 saturated carbocycles. The Bertz CT molecular complexity index is 1180. The summed E-state index contributed by atoms with van der Waals surface area (Å²) in [5.41, 5.74) is 1.40. The highest BCUT2D eigenvalue weighted by Gasteiger charge is 2.24. The number of pyridine rings is 1. The van der Waals surface area contributed by atoms with E-state index < -0.39 is 11.2 Å². The van der Waals surface area contributed by atoms with Gasteiger partial charge in [0, 0.05) is 30.3 Å². The van der Waals surface area contributed by atoms with Gasteiger partial charge in [0.25, 0.3) is 5.56 Å². The first-order chi connectivity index (χ1) is 12.5. The van der Waals surface area contributed by atoms with Gasteiger partial charge in [-0.3, -0.25) is 18.7 Å². The number of hydrogen-bond donors (Lipinski definition) is 0. The minimum absolute atomic E-state index is 0.00436. The van der Waals surface area contributed by atoms with Crippen LogP contribution in [-0.2, 0) is 20.0 Å². The number of nitrogens with zero attached hydrogens (tertiary/aromatic N) is 3. The van der Waals surface area contributed by atoms with Crippen LogP contribution in [0.25, 0.3) is 11.0 Å². The molecule has 26 heavy (non-hydrogen) atoms. The Labute approximate surface area is 153 Å². The topological polar surface area (TPSA) is 74.0 Å². The summed E-state index contributed by atoms with van der Waals surface area (Å²) in [4.78, 5) is 42.3. The molecular weight excluding hydrogens is 354 g/mol.